The Morgan fingerprint density at radius 1 is 1.17 bits per heavy atom. The highest BCUT2D eigenvalue weighted by molar-refractivity contribution is 5.82. The van der Waals surface area contributed by atoms with E-state index >= 15 is 0 Å². The summed E-state index contributed by atoms with van der Waals surface area (Å²) in [5.41, 5.74) is 0.0495. The summed E-state index contributed by atoms with van der Waals surface area (Å²) in [6.07, 6.45) is 0.361. The molecule has 0 amide bonds. The van der Waals surface area contributed by atoms with Gasteiger partial charge in [0.2, 0.25) is 0 Å². The van der Waals surface area contributed by atoms with Crippen LogP contribution in [0.25, 0.3) is 11.1 Å². The molecule has 0 aliphatic carbocycles. The Hall–Kier alpha value is -2.23. The normalized spacial score (nSPS) is 10.2. The van der Waals surface area contributed by atoms with Gasteiger partial charge in [0.15, 0.2) is 17.9 Å². The quantitative estimate of drug-likeness (QED) is 0.777. The van der Waals surface area contributed by atoms with Gasteiger partial charge < -0.3 is 4.74 Å². The Kier molecular flexibility index (Phi) is 3.37. The monoisotopic (exact) mass is 248 g/mol. The third-order valence-electron chi connectivity index (χ3n) is 2.60. The minimum Gasteiger partial charge on any atom is -0.493 e. The summed E-state index contributed by atoms with van der Waals surface area (Å²) in [6.45, 7) is 0. The average molecular weight is 248 g/mol. The predicted molar refractivity (Wildman–Crippen MR) is 63.7 cm³/mol. The molecule has 0 fully saturated rings. The second-order valence-electron chi connectivity index (χ2n) is 3.65. The SMILES string of the molecule is COc1c(C=O)cc(F)c(-c2ccccc2)c1F. The zero-order valence-corrected chi connectivity index (χ0v) is 9.61. The molecule has 0 bridgehead atoms. The van der Waals surface area contributed by atoms with Crippen LogP contribution in [0.1, 0.15) is 10.4 Å². The number of ether oxygens (including phenoxy) is 1. The molecule has 0 radical (unpaired) electrons. The van der Waals surface area contributed by atoms with Crippen LogP contribution >= 0.6 is 0 Å². The molecular weight excluding hydrogens is 238 g/mol. The molecule has 0 atom stereocenters. The molecule has 0 N–H and O–H groups in total. The Bertz CT molecular complexity index is 580. The van der Waals surface area contributed by atoms with Crippen LogP contribution in [-0.2, 0) is 0 Å². The van der Waals surface area contributed by atoms with E-state index in [0.717, 1.165) is 6.07 Å². The number of hydrogen-bond acceptors (Lipinski definition) is 2. The number of halogens is 2. The van der Waals surface area contributed by atoms with Crippen LogP contribution in [-0.4, -0.2) is 13.4 Å². The molecule has 2 aromatic rings. The van der Waals surface area contributed by atoms with Gasteiger partial charge in [0.25, 0.3) is 0 Å². The molecule has 0 aliphatic heterocycles. The highest BCUT2D eigenvalue weighted by atomic mass is 19.1. The lowest BCUT2D eigenvalue weighted by molar-refractivity contribution is 0.111. The topological polar surface area (TPSA) is 26.3 Å². The first-order chi connectivity index (χ1) is 8.69. The minimum atomic E-state index is -0.870. The van der Waals surface area contributed by atoms with Crippen LogP contribution in [0.2, 0.25) is 0 Å². The lowest BCUT2D eigenvalue weighted by Crippen LogP contribution is -2.00. The molecule has 2 rings (SSSR count). The second-order valence-corrected chi connectivity index (χ2v) is 3.65. The summed E-state index contributed by atoms with van der Waals surface area (Å²) in [4.78, 5) is 10.7. The van der Waals surface area contributed by atoms with Crippen molar-refractivity contribution in [2.24, 2.45) is 0 Å². The van der Waals surface area contributed by atoms with E-state index in [1.54, 1.807) is 30.3 Å². The van der Waals surface area contributed by atoms with Crippen LogP contribution in [0.15, 0.2) is 36.4 Å². The molecule has 0 aliphatic rings. The first-order valence-electron chi connectivity index (χ1n) is 5.25. The number of carbonyl (C=O) groups excluding carboxylic acids is 1. The molecule has 18 heavy (non-hydrogen) atoms. The maximum absolute atomic E-state index is 14.1. The van der Waals surface area contributed by atoms with E-state index in [9.17, 15) is 13.6 Å². The number of methoxy groups -OCH3 is 1. The average Bonchev–Trinajstić information content (AvgIpc) is 2.39. The highest BCUT2D eigenvalue weighted by Crippen LogP contribution is 2.33. The summed E-state index contributed by atoms with van der Waals surface area (Å²) in [7, 11) is 1.23. The van der Waals surface area contributed by atoms with Crippen molar-refractivity contribution in [2.75, 3.05) is 7.11 Å². The van der Waals surface area contributed by atoms with E-state index in [4.69, 9.17) is 4.74 Å². The van der Waals surface area contributed by atoms with Crippen molar-refractivity contribution in [1.82, 2.24) is 0 Å². The number of rotatable bonds is 3. The fourth-order valence-electron chi connectivity index (χ4n) is 1.78. The molecular formula is C14H10F2O2. The molecule has 92 valence electrons. The van der Waals surface area contributed by atoms with Crippen molar-refractivity contribution >= 4 is 6.29 Å². The van der Waals surface area contributed by atoms with Crippen molar-refractivity contribution in [3.8, 4) is 16.9 Å². The third-order valence-corrected chi connectivity index (χ3v) is 2.60. The van der Waals surface area contributed by atoms with Gasteiger partial charge in [-0.15, -0.1) is 0 Å². The Morgan fingerprint density at radius 3 is 2.39 bits per heavy atom. The van der Waals surface area contributed by atoms with Gasteiger partial charge in [-0.2, -0.15) is 0 Å². The van der Waals surface area contributed by atoms with Gasteiger partial charge in [-0.3, -0.25) is 4.79 Å². The lowest BCUT2D eigenvalue weighted by atomic mass is 10.0. The lowest BCUT2D eigenvalue weighted by Gasteiger charge is -2.11. The molecule has 0 saturated carbocycles. The Balaban J connectivity index is 2.73. The summed E-state index contributed by atoms with van der Waals surface area (Å²) in [5, 5.41) is 0. The van der Waals surface area contributed by atoms with Crippen LogP contribution in [0.4, 0.5) is 8.78 Å². The summed E-state index contributed by atoms with van der Waals surface area (Å²) in [5.74, 6) is -1.90. The van der Waals surface area contributed by atoms with Crippen molar-refractivity contribution in [1.29, 1.82) is 0 Å². The smallest absolute Gasteiger partial charge is 0.176 e. The molecule has 0 heterocycles. The Labute approximate surface area is 103 Å². The predicted octanol–water partition coefficient (Wildman–Crippen LogP) is 3.45. The van der Waals surface area contributed by atoms with Crippen molar-refractivity contribution in [2.45, 2.75) is 0 Å². The van der Waals surface area contributed by atoms with Crippen LogP contribution in [0, 0.1) is 11.6 Å². The van der Waals surface area contributed by atoms with Gasteiger partial charge in [-0.05, 0) is 11.6 Å². The molecule has 0 aromatic heterocycles. The van der Waals surface area contributed by atoms with Gasteiger partial charge in [0.05, 0.1) is 18.2 Å². The maximum Gasteiger partial charge on any atom is 0.176 e. The van der Waals surface area contributed by atoms with Crippen molar-refractivity contribution < 1.29 is 18.3 Å². The number of hydrogen-bond donors (Lipinski definition) is 0. The fourth-order valence-corrected chi connectivity index (χ4v) is 1.78. The summed E-state index contributed by atoms with van der Waals surface area (Å²) >= 11 is 0. The minimum absolute atomic E-state index is 0.146. The zero-order valence-electron chi connectivity index (χ0n) is 9.61. The van der Waals surface area contributed by atoms with Crippen molar-refractivity contribution in [3.63, 3.8) is 0 Å². The molecule has 4 heteroatoms. The molecule has 0 saturated heterocycles. The van der Waals surface area contributed by atoms with E-state index in [0.29, 0.717) is 11.8 Å². The van der Waals surface area contributed by atoms with Crippen LogP contribution in [0.5, 0.6) is 5.75 Å². The van der Waals surface area contributed by atoms with Gasteiger partial charge in [-0.1, -0.05) is 30.3 Å². The van der Waals surface area contributed by atoms with E-state index in [1.807, 2.05) is 0 Å². The standard InChI is InChI=1S/C14H10F2O2/c1-18-14-10(8-17)7-11(15)12(13(14)16)9-5-3-2-4-6-9/h2-8H,1H3. The number of benzene rings is 2. The molecule has 0 unspecified atom stereocenters. The first kappa shape index (κ1) is 12.2. The number of carbonyl (C=O) groups is 1. The third kappa shape index (κ3) is 1.97. The van der Waals surface area contributed by atoms with Crippen LogP contribution in [0.3, 0.4) is 0 Å². The molecule has 0 spiro atoms. The van der Waals surface area contributed by atoms with Gasteiger partial charge in [-0.25, -0.2) is 8.78 Å². The van der Waals surface area contributed by atoms with E-state index < -0.39 is 11.6 Å². The Morgan fingerprint density at radius 2 is 1.83 bits per heavy atom. The van der Waals surface area contributed by atoms with E-state index in [1.165, 1.54) is 7.11 Å². The second kappa shape index (κ2) is 4.96. The highest BCUT2D eigenvalue weighted by Gasteiger charge is 2.20. The maximum atomic E-state index is 14.1. The van der Waals surface area contributed by atoms with E-state index in [-0.39, 0.29) is 16.9 Å². The fraction of sp³-hybridized carbons (Fsp3) is 0.0714. The van der Waals surface area contributed by atoms with Gasteiger partial charge in [0.1, 0.15) is 5.82 Å². The summed E-state index contributed by atoms with van der Waals surface area (Å²) < 4.78 is 32.8. The number of aldehydes is 1. The van der Waals surface area contributed by atoms with Crippen LogP contribution < -0.4 is 4.74 Å². The van der Waals surface area contributed by atoms with Crippen molar-refractivity contribution in [3.05, 3.63) is 53.6 Å². The zero-order chi connectivity index (χ0) is 13.1. The van der Waals surface area contributed by atoms with E-state index in [2.05, 4.69) is 0 Å². The van der Waals surface area contributed by atoms with Gasteiger partial charge in [0, 0.05) is 0 Å². The first-order valence-corrected chi connectivity index (χ1v) is 5.25. The molecule has 2 nitrogen and oxygen atoms in total. The summed E-state index contributed by atoms with van der Waals surface area (Å²) in [6, 6.07) is 9.24. The van der Waals surface area contributed by atoms with Gasteiger partial charge >= 0.3 is 0 Å². The largest absolute Gasteiger partial charge is 0.493 e. The molecule has 2 aromatic carbocycles.